The lowest BCUT2D eigenvalue weighted by atomic mass is 10.2. The number of amides is 1. The topological polar surface area (TPSA) is 60.9 Å². The molecule has 0 radical (unpaired) electrons. The number of hydrogen-bond acceptors (Lipinski definition) is 3. The molecule has 1 heterocycles. The van der Waals surface area contributed by atoms with Gasteiger partial charge in [0.25, 0.3) is 5.91 Å². The number of hydrogen-bond donors (Lipinski definition) is 1. The smallest absolute Gasteiger partial charge is 0.320 e. The molecule has 1 saturated heterocycles. The monoisotopic (exact) mass is 324 g/mol. The van der Waals surface area contributed by atoms with Gasteiger partial charge in [0.15, 0.2) is 0 Å². The van der Waals surface area contributed by atoms with Crippen LogP contribution in [-0.4, -0.2) is 59.0 Å². The van der Waals surface area contributed by atoms with Crippen molar-refractivity contribution in [2.75, 3.05) is 26.2 Å². The summed E-state index contributed by atoms with van der Waals surface area (Å²) in [5.74, 6) is -0.843. The number of carbonyl (C=O) groups excluding carboxylic acids is 1. The summed E-state index contributed by atoms with van der Waals surface area (Å²) in [6.07, 6.45) is 1.34. The zero-order valence-corrected chi connectivity index (χ0v) is 13.4. The van der Waals surface area contributed by atoms with E-state index in [1.165, 1.54) is 0 Å². The van der Waals surface area contributed by atoms with Crippen LogP contribution in [0.3, 0.4) is 0 Å². The average Bonchev–Trinajstić information content (AvgIpc) is 2.73. The van der Waals surface area contributed by atoms with Crippen LogP contribution in [0.25, 0.3) is 0 Å². The summed E-state index contributed by atoms with van der Waals surface area (Å²) in [4.78, 5) is 27.5. The Morgan fingerprint density at radius 2 is 2.05 bits per heavy atom. The molecule has 1 amide bonds. The van der Waals surface area contributed by atoms with E-state index in [2.05, 4.69) is 0 Å². The van der Waals surface area contributed by atoms with Crippen LogP contribution in [0, 0.1) is 0 Å². The van der Waals surface area contributed by atoms with Gasteiger partial charge in [-0.05, 0) is 31.0 Å². The molecule has 0 aliphatic carbocycles. The van der Waals surface area contributed by atoms with Gasteiger partial charge in [-0.1, -0.05) is 24.6 Å². The predicted octanol–water partition coefficient (Wildman–Crippen LogP) is 2.35. The molecule has 0 aromatic heterocycles. The predicted molar refractivity (Wildman–Crippen MR) is 85.3 cm³/mol. The van der Waals surface area contributed by atoms with Gasteiger partial charge >= 0.3 is 5.97 Å². The fraction of sp³-hybridized carbons (Fsp3) is 0.500. The maximum absolute atomic E-state index is 12.5. The van der Waals surface area contributed by atoms with Crippen LogP contribution >= 0.6 is 11.6 Å². The lowest BCUT2D eigenvalue weighted by Crippen LogP contribution is -2.43. The van der Waals surface area contributed by atoms with Crippen molar-refractivity contribution in [1.29, 1.82) is 0 Å². The van der Waals surface area contributed by atoms with Gasteiger partial charge in [0, 0.05) is 36.8 Å². The SMILES string of the molecule is CC[C@H](C(=O)O)N1CCCN(C(=O)c2cccc(Cl)c2)CC1. The largest absolute Gasteiger partial charge is 0.480 e. The quantitative estimate of drug-likeness (QED) is 0.923. The fourth-order valence-corrected chi connectivity index (χ4v) is 3.04. The summed E-state index contributed by atoms with van der Waals surface area (Å²) in [6, 6.07) is 6.45. The first-order valence-corrected chi connectivity index (χ1v) is 7.92. The van der Waals surface area contributed by atoms with Crippen LogP contribution in [0.2, 0.25) is 5.02 Å². The Balaban J connectivity index is 2.04. The maximum Gasteiger partial charge on any atom is 0.320 e. The summed E-state index contributed by atoms with van der Waals surface area (Å²) < 4.78 is 0. The second kappa shape index (κ2) is 7.61. The van der Waals surface area contributed by atoms with E-state index >= 15 is 0 Å². The molecule has 0 bridgehead atoms. The number of carboxylic acid groups (broad SMARTS) is 1. The minimum Gasteiger partial charge on any atom is -0.480 e. The third-order valence-electron chi connectivity index (χ3n) is 4.00. The maximum atomic E-state index is 12.5. The summed E-state index contributed by atoms with van der Waals surface area (Å²) in [7, 11) is 0. The van der Waals surface area contributed by atoms with Crippen molar-refractivity contribution in [2.24, 2.45) is 0 Å². The van der Waals surface area contributed by atoms with Crippen molar-refractivity contribution in [2.45, 2.75) is 25.8 Å². The molecule has 22 heavy (non-hydrogen) atoms. The lowest BCUT2D eigenvalue weighted by molar-refractivity contribution is -0.143. The van der Waals surface area contributed by atoms with Crippen LogP contribution in [0.5, 0.6) is 0 Å². The molecule has 0 saturated carbocycles. The molecule has 0 spiro atoms. The Morgan fingerprint density at radius 3 is 2.68 bits per heavy atom. The second-order valence-electron chi connectivity index (χ2n) is 5.45. The molecule has 1 atom stereocenters. The minimum absolute atomic E-state index is 0.0484. The molecular weight excluding hydrogens is 304 g/mol. The molecule has 6 heteroatoms. The standard InChI is InChI=1S/C16H21ClN2O3/c1-2-14(16(21)22)18-7-4-8-19(10-9-18)15(20)12-5-3-6-13(17)11-12/h3,5-6,11,14H,2,4,7-10H2,1H3,(H,21,22)/t14-/m1/s1. The summed E-state index contributed by atoms with van der Waals surface area (Å²) in [5.41, 5.74) is 0.575. The highest BCUT2D eigenvalue weighted by Gasteiger charge is 2.27. The summed E-state index contributed by atoms with van der Waals surface area (Å²) >= 11 is 5.93. The molecule has 1 aliphatic heterocycles. The van der Waals surface area contributed by atoms with Gasteiger partial charge in [-0.3, -0.25) is 14.5 Å². The molecule has 120 valence electrons. The van der Waals surface area contributed by atoms with E-state index in [1.807, 2.05) is 11.8 Å². The molecule has 1 fully saturated rings. The summed E-state index contributed by atoms with van der Waals surface area (Å²) in [6.45, 7) is 4.33. The highest BCUT2D eigenvalue weighted by atomic mass is 35.5. The van der Waals surface area contributed by atoms with Crippen molar-refractivity contribution in [1.82, 2.24) is 9.80 Å². The first-order valence-electron chi connectivity index (χ1n) is 7.54. The van der Waals surface area contributed by atoms with E-state index in [0.29, 0.717) is 43.2 Å². The van der Waals surface area contributed by atoms with E-state index in [4.69, 9.17) is 11.6 Å². The third kappa shape index (κ3) is 3.99. The van der Waals surface area contributed by atoms with Crippen LogP contribution in [0.4, 0.5) is 0 Å². The van der Waals surface area contributed by atoms with Gasteiger partial charge < -0.3 is 10.0 Å². The molecule has 1 N–H and O–H groups in total. The summed E-state index contributed by atoms with van der Waals surface area (Å²) in [5, 5.41) is 9.81. The number of rotatable bonds is 4. The molecule has 5 nitrogen and oxygen atoms in total. The molecule has 0 unspecified atom stereocenters. The van der Waals surface area contributed by atoms with Gasteiger partial charge in [0.2, 0.25) is 0 Å². The number of carboxylic acids is 1. The number of nitrogens with zero attached hydrogens (tertiary/aromatic N) is 2. The van der Waals surface area contributed by atoms with Crippen molar-refractivity contribution < 1.29 is 14.7 Å². The Kier molecular flexibility index (Phi) is 5.80. The molecular formula is C16H21ClN2O3. The molecule has 1 aromatic rings. The van der Waals surface area contributed by atoms with E-state index in [-0.39, 0.29) is 5.91 Å². The van der Waals surface area contributed by atoms with Crippen LogP contribution < -0.4 is 0 Å². The Bertz CT molecular complexity index is 550. The number of carbonyl (C=O) groups is 2. The molecule has 1 aromatic carbocycles. The van der Waals surface area contributed by atoms with Crippen molar-refractivity contribution >= 4 is 23.5 Å². The van der Waals surface area contributed by atoms with Gasteiger partial charge in [-0.2, -0.15) is 0 Å². The van der Waals surface area contributed by atoms with Crippen LogP contribution in [0.1, 0.15) is 30.1 Å². The van der Waals surface area contributed by atoms with Gasteiger partial charge in [0.05, 0.1) is 0 Å². The van der Waals surface area contributed by atoms with Crippen molar-refractivity contribution in [3.63, 3.8) is 0 Å². The Labute approximate surface area is 135 Å². The zero-order valence-electron chi connectivity index (χ0n) is 12.7. The Morgan fingerprint density at radius 1 is 1.27 bits per heavy atom. The second-order valence-corrected chi connectivity index (χ2v) is 5.89. The lowest BCUT2D eigenvalue weighted by Gasteiger charge is -2.26. The third-order valence-corrected chi connectivity index (χ3v) is 4.24. The average molecular weight is 325 g/mol. The van der Waals surface area contributed by atoms with E-state index < -0.39 is 12.0 Å². The fourth-order valence-electron chi connectivity index (χ4n) is 2.85. The minimum atomic E-state index is -0.794. The number of halogens is 1. The van der Waals surface area contributed by atoms with E-state index in [1.54, 1.807) is 29.2 Å². The van der Waals surface area contributed by atoms with E-state index in [9.17, 15) is 14.7 Å². The number of benzene rings is 1. The Hall–Kier alpha value is -1.59. The molecule has 2 rings (SSSR count). The van der Waals surface area contributed by atoms with Gasteiger partial charge in [-0.25, -0.2) is 0 Å². The van der Waals surface area contributed by atoms with Crippen LogP contribution in [-0.2, 0) is 4.79 Å². The van der Waals surface area contributed by atoms with E-state index in [0.717, 1.165) is 6.42 Å². The van der Waals surface area contributed by atoms with Crippen molar-refractivity contribution in [3.8, 4) is 0 Å². The first kappa shape index (κ1) is 16.8. The van der Waals surface area contributed by atoms with Crippen LogP contribution in [0.15, 0.2) is 24.3 Å². The normalized spacial score (nSPS) is 17.8. The van der Waals surface area contributed by atoms with Gasteiger partial charge in [-0.15, -0.1) is 0 Å². The number of aliphatic carboxylic acids is 1. The highest BCUT2D eigenvalue weighted by Crippen LogP contribution is 2.15. The van der Waals surface area contributed by atoms with Crippen molar-refractivity contribution in [3.05, 3.63) is 34.9 Å². The van der Waals surface area contributed by atoms with Gasteiger partial charge in [0.1, 0.15) is 6.04 Å². The first-order chi connectivity index (χ1) is 10.5. The zero-order chi connectivity index (χ0) is 16.1. The molecule has 1 aliphatic rings. The highest BCUT2D eigenvalue weighted by molar-refractivity contribution is 6.30.